The van der Waals surface area contributed by atoms with Crippen LogP contribution in [-0.4, -0.2) is 44.5 Å². The highest BCUT2D eigenvalue weighted by Crippen LogP contribution is 2.39. The first kappa shape index (κ1) is 22.4. The number of benzene rings is 2. The Bertz CT molecular complexity index is 1270. The molecule has 2 heterocycles. The molecule has 1 saturated heterocycles. The zero-order valence-corrected chi connectivity index (χ0v) is 19.9. The van der Waals surface area contributed by atoms with Gasteiger partial charge in [-0.25, -0.2) is 4.79 Å². The van der Waals surface area contributed by atoms with E-state index in [1.165, 1.54) is 11.3 Å². The first-order valence-corrected chi connectivity index (χ1v) is 12.4. The quantitative estimate of drug-likeness (QED) is 0.349. The van der Waals surface area contributed by atoms with Crippen molar-refractivity contribution in [2.45, 2.75) is 13.5 Å². The minimum absolute atomic E-state index is 0.0261. The molecule has 2 N–H and O–H groups in total. The molecule has 4 rings (SSSR count). The van der Waals surface area contributed by atoms with Crippen molar-refractivity contribution >= 4 is 46.9 Å². The van der Waals surface area contributed by atoms with E-state index in [-0.39, 0.29) is 11.4 Å². The van der Waals surface area contributed by atoms with Gasteiger partial charge in [0, 0.05) is 30.0 Å². The van der Waals surface area contributed by atoms with Crippen LogP contribution >= 0.6 is 35.3 Å². The number of nitrogens with zero attached hydrogens (tertiary/aromatic N) is 2. The third-order valence-electron chi connectivity index (χ3n) is 5.21. The Morgan fingerprint density at radius 1 is 1.12 bits per heavy atom. The van der Waals surface area contributed by atoms with Gasteiger partial charge in [0.05, 0.1) is 12.1 Å². The fourth-order valence-electron chi connectivity index (χ4n) is 3.57. The van der Waals surface area contributed by atoms with Gasteiger partial charge in [0.2, 0.25) is 5.88 Å². The van der Waals surface area contributed by atoms with Crippen LogP contribution in [0.1, 0.15) is 33.3 Å². The summed E-state index contributed by atoms with van der Waals surface area (Å²) in [5, 5.41) is 21.9. The van der Waals surface area contributed by atoms with Gasteiger partial charge in [-0.15, -0.1) is 0 Å². The minimum atomic E-state index is -1.02. The van der Waals surface area contributed by atoms with Crippen LogP contribution in [0.25, 0.3) is 5.57 Å². The fourth-order valence-corrected chi connectivity index (χ4v) is 5.95. The van der Waals surface area contributed by atoms with Crippen molar-refractivity contribution in [3.63, 3.8) is 0 Å². The van der Waals surface area contributed by atoms with E-state index in [2.05, 4.69) is 17.6 Å². The molecule has 0 aliphatic carbocycles. The number of rotatable bonds is 6. The van der Waals surface area contributed by atoms with E-state index in [1.54, 1.807) is 40.6 Å². The van der Waals surface area contributed by atoms with Crippen molar-refractivity contribution in [3.8, 4) is 5.88 Å². The summed E-state index contributed by atoms with van der Waals surface area (Å²) in [6, 6.07) is 16.6. The molecule has 2 aromatic carbocycles. The molecule has 0 spiro atoms. The highest BCUT2D eigenvalue weighted by atomic mass is 32.2. The Hall–Kier alpha value is -2.77. The molecular formula is C24H22N2O3S3. The number of aromatic carboxylic acids is 1. The van der Waals surface area contributed by atoms with Gasteiger partial charge in [-0.1, -0.05) is 77.4 Å². The molecule has 1 aliphatic rings. The Kier molecular flexibility index (Phi) is 6.86. The highest BCUT2D eigenvalue weighted by molar-refractivity contribution is 8.03. The molecule has 5 nitrogen and oxygen atoms in total. The average molecular weight is 483 g/mol. The molecule has 164 valence electrons. The number of hydrogen-bond donors (Lipinski definition) is 2. The van der Waals surface area contributed by atoms with E-state index in [1.807, 2.05) is 30.3 Å². The maximum absolute atomic E-state index is 12.0. The molecule has 1 fully saturated rings. The third kappa shape index (κ3) is 4.54. The molecule has 1 aromatic heterocycles. The molecule has 3 aromatic rings. The van der Waals surface area contributed by atoms with E-state index in [4.69, 9.17) is 12.2 Å². The Morgan fingerprint density at radius 3 is 2.50 bits per heavy atom. The largest absolute Gasteiger partial charge is 0.493 e. The van der Waals surface area contributed by atoms with E-state index in [0.29, 0.717) is 26.5 Å². The van der Waals surface area contributed by atoms with Gasteiger partial charge < -0.3 is 15.1 Å². The molecule has 1 aliphatic heterocycles. The summed E-state index contributed by atoms with van der Waals surface area (Å²) < 4.78 is 2.20. The molecule has 0 unspecified atom stereocenters. The second kappa shape index (κ2) is 9.79. The van der Waals surface area contributed by atoms with Gasteiger partial charge in [-0.2, -0.15) is 0 Å². The number of hydrogen-bond acceptors (Lipinski definition) is 6. The summed E-state index contributed by atoms with van der Waals surface area (Å²) in [7, 11) is 0. The van der Waals surface area contributed by atoms with Crippen LogP contribution in [0.2, 0.25) is 0 Å². The lowest BCUT2D eigenvalue weighted by molar-refractivity contribution is 0.0696. The number of aromatic hydroxyl groups is 1. The van der Waals surface area contributed by atoms with Crippen LogP contribution in [-0.2, 0) is 6.54 Å². The van der Waals surface area contributed by atoms with Gasteiger partial charge in [0.15, 0.2) is 3.95 Å². The summed E-state index contributed by atoms with van der Waals surface area (Å²) in [5.74, 6) is -0.0536. The molecule has 0 saturated carbocycles. The number of aromatic nitrogens is 1. The first-order valence-electron chi connectivity index (χ1n) is 10.2. The fraction of sp³-hybridized carbons (Fsp3) is 0.208. The van der Waals surface area contributed by atoms with E-state index in [0.717, 1.165) is 29.4 Å². The van der Waals surface area contributed by atoms with Crippen molar-refractivity contribution < 1.29 is 15.0 Å². The van der Waals surface area contributed by atoms with Crippen LogP contribution in [0.5, 0.6) is 5.88 Å². The molecular weight excluding hydrogens is 460 g/mol. The van der Waals surface area contributed by atoms with Gasteiger partial charge in [-0.3, -0.25) is 4.57 Å². The Labute approximate surface area is 200 Å². The van der Waals surface area contributed by atoms with E-state index in [9.17, 15) is 15.0 Å². The number of thioether (sulfide) groups is 1. The van der Waals surface area contributed by atoms with Crippen molar-refractivity contribution in [2.75, 3.05) is 18.8 Å². The summed E-state index contributed by atoms with van der Waals surface area (Å²) >= 11 is 8.53. The second-order valence-electron chi connectivity index (χ2n) is 7.18. The monoisotopic (exact) mass is 482 g/mol. The summed E-state index contributed by atoms with van der Waals surface area (Å²) in [5.41, 5.74) is 5.67. The highest BCUT2D eigenvalue weighted by Gasteiger charge is 2.23. The zero-order chi connectivity index (χ0) is 22.7. The number of carbonyl (C=O) groups is 1. The van der Waals surface area contributed by atoms with Crippen LogP contribution in [0, 0.1) is 3.95 Å². The van der Waals surface area contributed by atoms with Crippen molar-refractivity contribution in [1.82, 2.24) is 9.47 Å². The van der Waals surface area contributed by atoms with Gasteiger partial charge in [0.25, 0.3) is 0 Å². The lowest BCUT2D eigenvalue weighted by Crippen LogP contribution is -2.16. The average Bonchev–Trinajstić information content (AvgIpc) is 3.37. The summed E-state index contributed by atoms with van der Waals surface area (Å²) in [4.78, 5) is 14.7. The maximum atomic E-state index is 12.0. The van der Waals surface area contributed by atoms with Crippen LogP contribution in [0.15, 0.2) is 65.4 Å². The summed E-state index contributed by atoms with van der Waals surface area (Å²) in [6.45, 7) is 4.26. The molecule has 32 heavy (non-hydrogen) atoms. The van der Waals surface area contributed by atoms with E-state index < -0.39 is 5.97 Å². The zero-order valence-electron chi connectivity index (χ0n) is 17.4. The van der Waals surface area contributed by atoms with E-state index >= 15 is 0 Å². The number of thiazole rings is 1. The van der Waals surface area contributed by atoms with Crippen molar-refractivity contribution in [1.29, 1.82) is 0 Å². The Morgan fingerprint density at radius 2 is 1.81 bits per heavy atom. The number of carboxylic acid groups (broad SMARTS) is 1. The maximum Gasteiger partial charge on any atom is 0.336 e. The van der Waals surface area contributed by atoms with Crippen molar-refractivity contribution in [2.24, 2.45) is 0 Å². The standard InChI is InChI=1S/C24H22N2O3S3/c1-2-25-12-13-31-20(25)14-19(17-10-6-7-11-18(17)23(28)29)21-22(27)26(24(30)32-21)15-16-8-4-3-5-9-16/h3-11,27H,2,12-13,15H2,1H3,(H,28,29). The molecule has 8 heteroatoms. The topological polar surface area (TPSA) is 65.7 Å². The predicted molar refractivity (Wildman–Crippen MR) is 133 cm³/mol. The van der Waals surface area contributed by atoms with Gasteiger partial charge in [-0.05, 0) is 30.8 Å². The normalized spacial score (nSPS) is 13.3. The summed E-state index contributed by atoms with van der Waals surface area (Å²) in [6.07, 6.45) is 0. The van der Waals surface area contributed by atoms with Gasteiger partial charge >= 0.3 is 5.97 Å². The molecule has 0 amide bonds. The lowest BCUT2D eigenvalue weighted by atomic mass is 9.99. The number of carboxylic acids is 1. The first-order chi connectivity index (χ1) is 15.5. The second-order valence-corrected chi connectivity index (χ2v) is 9.90. The van der Waals surface area contributed by atoms with Crippen LogP contribution in [0.3, 0.4) is 0 Å². The van der Waals surface area contributed by atoms with Crippen LogP contribution in [0.4, 0.5) is 0 Å². The van der Waals surface area contributed by atoms with Gasteiger partial charge in [0.1, 0.15) is 9.91 Å². The predicted octanol–water partition coefficient (Wildman–Crippen LogP) is 5.67. The van der Waals surface area contributed by atoms with Crippen molar-refractivity contribution in [3.05, 3.63) is 90.9 Å². The SMILES string of the molecule is CCN1CCSC1=C=C(c1ccccc1C(=O)O)c1sc(=S)n(Cc2ccccc2)c1O. The van der Waals surface area contributed by atoms with Crippen LogP contribution < -0.4 is 0 Å². The Balaban J connectivity index is 1.93. The third-order valence-corrected chi connectivity index (χ3v) is 7.68. The molecule has 0 radical (unpaired) electrons. The lowest BCUT2D eigenvalue weighted by Gasteiger charge is -2.15. The molecule has 0 atom stereocenters. The molecule has 0 bridgehead atoms. The smallest absolute Gasteiger partial charge is 0.336 e. The minimum Gasteiger partial charge on any atom is -0.493 e.